The number of hydrogen-bond acceptors (Lipinski definition) is 1. The molecular formula is C16H17BrFN. The molecule has 0 aliphatic heterocycles. The van der Waals surface area contributed by atoms with E-state index in [9.17, 15) is 4.39 Å². The molecule has 0 aliphatic rings. The number of benzene rings is 2. The summed E-state index contributed by atoms with van der Waals surface area (Å²) in [6.07, 6.45) is 0. The second-order valence-electron chi connectivity index (χ2n) is 4.75. The Balaban J connectivity index is 2.04. The van der Waals surface area contributed by atoms with Crippen molar-refractivity contribution >= 4 is 15.9 Å². The molecule has 0 saturated carbocycles. The van der Waals surface area contributed by atoms with Crippen molar-refractivity contribution in [3.8, 4) is 0 Å². The number of nitrogens with one attached hydrogen (secondary N) is 1. The maximum absolute atomic E-state index is 13.6. The van der Waals surface area contributed by atoms with E-state index in [0.29, 0.717) is 12.1 Å². The van der Waals surface area contributed by atoms with Crippen LogP contribution >= 0.6 is 15.9 Å². The van der Waals surface area contributed by atoms with Crippen LogP contribution in [0, 0.1) is 12.7 Å². The Labute approximate surface area is 122 Å². The highest BCUT2D eigenvalue weighted by molar-refractivity contribution is 9.10. The van der Waals surface area contributed by atoms with Crippen molar-refractivity contribution < 1.29 is 4.39 Å². The van der Waals surface area contributed by atoms with Gasteiger partial charge >= 0.3 is 0 Å². The van der Waals surface area contributed by atoms with Crippen LogP contribution in [-0.2, 0) is 6.54 Å². The van der Waals surface area contributed by atoms with Crippen LogP contribution in [0.2, 0.25) is 0 Å². The highest BCUT2D eigenvalue weighted by Gasteiger charge is 2.07. The third-order valence-electron chi connectivity index (χ3n) is 3.15. The van der Waals surface area contributed by atoms with Crippen molar-refractivity contribution in [2.45, 2.75) is 26.4 Å². The van der Waals surface area contributed by atoms with E-state index in [1.165, 1.54) is 17.2 Å². The maximum atomic E-state index is 13.6. The smallest absolute Gasteiger partial charge is 0.127 e. The van der Waals surface area contributed by atoms with Gasteiger partial charge < -0.3 is 5.32 Å². The molecule has 1 nitrogen and oxygen atoms in total. The third kappa shape index (κ3) is 3.88. The molecule has 0 saturated heterocycles. The average Bonchev–Trinajstić information content (AvgIpc) is 2.39. The summed E-state index contributed by atoms with van der Waals surface area (Å²) in [6.45, 7) is 4.68. The monoisotopic (exact) mass is 321 g/mol. The molecule has 1 atom stereocenters. The van der Waals surface area contributed by atoms with Crippen LogP contribution < -0.4 is 5.32 Å². The summed E-state index contributed by atoms with van der Waals surface area (Å²) in [5, 5.41) is 3.35. The van der Waals surface area contributed by atoms with Gasteiger partial charge in [0.05, 0.1) is 0 Å². The van der Waals surface area contributed by atoms with Gasteiger partial charge in [-0.05, 0) is 37.6 Å². The van der Waals surface area contributed by atoms with Crippen LogP contribution in [0.4, 0.5) is 4.39 Å². The Morgan fingerprint density at radius 1 is 1.21 bits per heavy atom. The zero-order valence-corrected chi connectivity index (χ0v) is 12.7. The van der Waals surface area contributed by atoms with Gasteiger partial charge in [-0.15, -0.1) is 0 Å². The van der Waals surface area contributed by atoms with E-state index < -0.39 is 0 Å². The first kappa shape index (κ1) is 14.2. The largest absolute Gasteiger partial charge is 0.306 e. The Morgan fingerprint density at radius 2 is 2.00 bits per heavy atom. The van der Waals surface area contributed by atoms with E-state index in [1.807, 2.05) is 12.1 Å². The number of halogens is 2. The zero-order valence-electron chi connectivity index (χ0n) is 11.1. The minimum atomic E-state index is -0.174. The van der Waals surface area contributed by atoms with Gasteiger partial charge in [0, 0.05) is 22.6 Å². The van der Waals surface area contributed by atoms with E-state index in [-0.39, 0.29) is 11.9 Å². The minimum absolute atomic E-state index is 0.174. The predicted molar refractivity (Wildman–Crippen MR) is 80.5 cm³/mol. The predicted octanol–water partition coefficient (Wildman–Crippen LogP) is 4.75. The molecule has 1 N–H and O–H groups in total. The van der Waals surface area contributed by atoms with Crippen LogP contribution in [-0.4, -0.2) is 0 Å². The fourth-order valence-electron chi connectivity index (χ4n) is 2.00. The van der Waals surface area contributed by atoms with Crippen molar-refractivity contribution in [2.75, 3.05) is 0 Å². The minimum Gasteiger partial charge on any atom is -0.306 e. The molecule has 0 heterocycles. The van der Waals surface area contributed by atoms with Crippen LogP contribution in [0.1, 0.15) is 29.7 Å². The molecular weight excluding hydrogens is 305 g/mol. The molecule has 2 aromatic carbocycles. The highest BCUT2D eigenvalue weighted by Crippen LogP contribution is 2.18. The normalized spacial score (nSPS) is 12.4. The van der Waals surface area contributed by atoms with E-state index in [4.69, 9.17) is 0 Å². The van der Waals surface area contributed by atoms with Gasteiger partial charge in [0.2, 0.25) is 0 Å². The summed E-state index contributed by atoms with van der Waals surface area (Å²) < 4.78 is 14.5. The molecule has 0 amide bonds. The number of aryl methyl sites for hydroxylation is 1. The van der Waals surface area contributed by atoms with Gasteiger partial charge in [-0.2, -0.15) is 0 Å². The van der Waals surface area contributed by atoms with Gasteiger partial charge in [-0.3, -0.25) is 0 Å². The molecule has 0 fully saturated rings. The molecule has 0 bridgehead atoms. The second kappa shape index (κ2) is 6.31. The quantitative estimate of drug-likeness (QED) is 0.857. The Bertz CT molecular complexity index is 568. The van der Waals surface area contributed by atoms with E-state index in [2.05, 4.69) is 53.3 Å². The molecule has 0 aromatic heterocycles. The SMILES string of the molecule is Cc1cccc([C@H](C)NCc2cc(Br)ccc2F)c1. The number of rotatable bonds is 4. The summed E-state index contributed by atoms with van der Waals surface area (Å²) in [5.41, 5.74) is 3.13. The summed E-state index contributed by atoms with van der Waals surface area (Å²) in [7, 11) is 0. The van der Waals surface area contributed by atoms with Crippen LogP contribution in [0.25, 0.3) is 0 Å². The standard InChI is InChI=1S/C16H17BrFN/c1-11-4-3-5-13(8-11)12(2)19-10-14-9-15(17)6-7-16(14)18/h3-9,12,19H,10H2,1-2H3/t12-/m0/s1. The van der Waals surface area contributed by atoms with Crippen molar-refractivity contribution in [1.82, 2.24) is 5.32 Å². The first-order chi connectivity index (χ1) is 9.06. The summed E-state index contributed by atoms with van der Waals surface area (Å²) >= 11 is 3.36. The third-order valence-corrected chi connectivity index (χ3v) is 3.64. The fraction of sp³-hybridized carbons (Fsp3) is 0.250. The summed E-state index contributed by atoms with van der Waals surface area (Å²) in [4.78, 5) is 0. The van der Waals surface area contributed by atoms with Gasteiger partial charge in [-0.25, -0.2) is 4.39 Å². The number of hydrogen-bond donors (Lipinski definition) is 1. The first-order valence-corrected chi connectivity index (χ1v) is 7.09. The Hall–Kier alpha value is -1.19. The van der Waals surface area contributed by atoms with Crippen molar-refractivity contribution in [3.63, 3.8) is 0 Å². The molecule has 2 aromatic rings. The highest BCUT2D eigenvalue weighted by atomic mass is 79.9. The molecule has 2 rings (SSSR count). The van der Waals surface area contributed by atoms with Crippen molar-refractivity contribution in [2.24, 2.45) is 0 Å². The summed E-state index contributed by atoms with van der Waals surface area (Å²) in [5.74, 6) is -0.174. The van der Waals surface area contributed by atoms with Crippen LogP contribution in [0.5, 0.6) is 0 Å². The zero-order chi connectivity index (χ0) is 13.8. The lowest BCUT2D eigenvalue weighted by Gasteiger charge is -2.15. The molecule has 0 radical (unpaired) electrons. The molecule has 19 heavy (non-hydrogen) atoms. The van der Waals surface area contributed by atoms with E-state index in [1.54, 1.807) is 6.07 Å². The van der Waals surface area contributed by atoms with Gasteiger partial charge in [0.1, 0.15) is 5.82 Å². The topological polar surface area (TPSA) is 12.0 Å². The molecule has 3 heteroatoms. The van der Waals surface area contributed by atoms with Crippen LogP contribution in [0.3, 0.4) is 0 Å². The molecule has 0 unspecified atom stereocenters. The average molecular weight is 322 g/mol. The van der Waals surface area contributed by atoms with Gasteiger partial charge in [0.15, 0.2) is 0 Å². The molecule has 0 aliphatic carbocycles. The van der Waals surface area contributed by atoms with E-state index in [0.717, 1.165) is 4.47 Å². The van der Waals surface area contributed by atoms with Gasteiger partial charge in [0.25, 0.3) is 0 Å². The van der Waals surface area contributed by atoms with E-state index >= 15 is 0 Å². The Kier molecular flexibility index (Phi) is 4.72. The second-order valence-corrected chi connectivity index (χ2v) is 5.67. The van der Waals surface area contributed by atoms with Crippen molar-refractivity contribution in [1.29, 1.82) is 0 Å². The van der Waals surface area contributed by atoms with Crippen LogP contribution in [0.15, 0.2) is 46.9 Å². The maximum Gasteiger partial charge on any atom is 0.127 e. The first-order valence-electron chi connectivity index (χ1n) is 6.30. The van der Waals surface area contributed by atoms with Crippen molar-refractivity contribution in [3.05, 3.63) is 69.4 Å². The lowest BCUT2D eigenvalue weighted by molar-refractivity contribution is 0.544. The van der Waals surface area contributed by atoms with Gasteiger partial charge in [-0.1, -0.05) is 45.8 Å². The lowest BCUT2D eigenvalue weighted by Crippen LogP contribution is -2.18. The fourth-order valence-corrected chi connectivity index (χ4v) is 2.41. The Morgan fingerprint density at radius 3 is 2.74 bits per heavy atom. The lowest BCUT2D eigenvalue weighted by atomic mass is 10.1. The molecule has 100 valence electrons. The molecule has 0 spiro atoms. The summed E-state index contributed by atoms with van der Waals surface area (Å²) in [6, 6.07) is 13.6.